The standard InChI is InChI=1S/C22H27N3O/c26-22(25-14-7-12-21(25)19-10-5-2-6-11-19)23-20-13-15-24(17-20)16-18-8-3-1-4-9-18/h1-6,8-11,20-21H,7,12-17H2,(H,23,26). The first-order valence-corrected chi connectivity index (χ1v) is 9.68. The predicted molar refractivity (Wildman–Crippen MR) is 104 cm³/mol. The summed E-state index contributed by atoms with van der Waals surface area (Å²) in [6.07, 6.45) is 3.17. The van der Waals surface area contributed by atoms with E-state index >= 15 is 0 Å². The zero-order valence-corrected chi connectivity index (χ0v) is 15.2. The highest BCUT2D eigenvalue weighted by atomic mass is 16.2. The lowest BCUT2D eigenvalue weighted by atomic mass is 10.1. The number of rotatable bonds is 4. The van der Waals surface area contributed by atoms with Gasteiger partial charge in [0.1, 0.15) is 0 Å². The Kier molecular flexibility index (Phi) is 5.21. The summed E-state index contributed by atoms with van der Waals surface area (Å²) < 4.78 is 0. The first-order chi connectivity index (χ1) is 12.8. The van der Waals surface area contributed by atoms with Gasteiger partial charge in [-0.15, -0.1) is 0 Å². The van der Waals surface area contributed by atoms with Gasteiger partial charge in [-0.25, -0.2) is 4.79 Å². The van der Waals surface area contributed by atoms with E-state index in [0.717, 1.165) is 45.4 Å². The van der Waals surface area contributed by atoms with Crippen LogP contribution in [0.3, 0.4) is 0 Å². The molecule has 2 aliphatic heterocycles. The molecule has 2 aliphatic rings. The Morgan fingerprint density at radius 3 is 2.46 bits per heavy atom. The molecule has 2 heterocycles. The van der Waals surface area contributed by atoms with E-state index in [4.69, 9.17) is 0 Å². The second kappa shape index (κ2) is 7.92. The second-order valence-electron chi connectivity index (χ2n) is 7.42. The average Bonchev–Trinajstić information content (AvgIpc) is 3.33. The molecule has 2 saturated heterocycles. The predicted octanol–water partition coefficient (Wildman–Crippen LogP) is 3.81. The van der Waals surface area contributed by atoms with Crippen LogP contribution in [0.1, 0.15) is 36.4 Å². The maximum absolute atomic E-state index is 12.8. The highest BCUT2D eigenvalue weighted by Gasteiger charge is 2.32. The van der Waals surface area contributed by atoms with Crippen LogP contribution in [0, 0.1) is 0 Å². The molecule has 4 nitrogen and oxygen atoms in total. The molecule has 136 valence electrons. The SMILES string of the molecule is O=C(NC1CCN(Cc2ccccc2)C1)N1CCCC1c1ccccc1. The van der Waals surface area contributed by atoms with E-state index in [0.29, 0.717) is 0 Å². The third-order valence-corrected chi connectivity index (χ3v) is 5.55. The summed E-state index contributed by atoms with van der Waals surface area (Å²) in [5.74, 6) is 0. The van der Waals surface area contributed by atoms with Crippen LogP contribution in [0.15, 0.2) is 60.7 Å². The molecule has 1 N–H and O–H groups in total. The van der Waals surface area contributed by atoms with Crippen LogP contribution in [0.4, 0.5) is 4.79 Å². The van der Waals surface area contributed by atoms with Crippen molar-refractivity contribution in [2.75, 3.05) is 19.6 Å². The van der Waals surface area contributed by atoms with E-state index in [-0.39, 0.29) is 18.1 Å². The summed E-state index contributed by atoms with van der Waals surface area (Å²) in [6, 6.07) is 21.5. The van der Waals surface area contributed by atoms with Gasteiger partial charge >= 0.3 is 6.03 Å². The van der Waals surface area contributed by atoms with Gasteiger partial charge in [0.25, 0.3) is 0 Å². The normalized spacial score (nSPS) is 23.3. The van der Waals surface area contributed by atoms with Crippen molar-refractivity contribution < 1.29 is 4.79 Å². The summed E-state index contributed by atoms with van der Waals surface area (Å²) in [5, 5.41) is 3.28. The van der Waals surface area contributed by atoms with Gasteiger partial charge in [-0.2, -0.15) is 0 Å². The Morgan fingerprint density at radius 1 is 0.962 bits per heavy atom. The van der Waals surface area contributed by atoms with E-state index in [9.17, 15) is 4.79 Å². The molecule has 2 unspecified atom stereocenters. The van der Waals surface area contributed by atoms with Crippen molar-refractivity contribution in [3.8, 4) is 0 Å². The number of benzene rings is 2. The van der Waals surface area contributed by atoms with Crippen LogP contribution in [-0.4, -0.2) is 41.5 Å². The molecule has 4 heteroatoms. The van der Waals surface area contributed by atoms with Crippen LogP contribution >= 0.6 is 0 Å². The fraction of sp³-hybridized carbons (Fsp3) is 0.409. The Hall–Kier alpha value is -2.33. The minimum atomic E-state index is 0.0999. The summed E-state index contributed by atoms with van der Waals surface area (Å²) >= 11 is 0. The number of hydrogen-bond donors (Lipinski definition) is 1. The van der Waals surface area contributed by atoms with E-state index in [1.165, 1.54) is 11.1 Å². The summed E-state index contributed by atoms with van der Waals surface area (Å²) in [5.41, 5.74) is 2.58. The minimum absolute atomic E-state index is 0.0999. The second-order valence-corrected chi connectivity index (χ2v) is 7.42. The average molecular weight is 349 g/mol. The zero-order chi connectivity index (χ0) is 17.8. The maximum Gasteiger partial charge on any atom is 0.318 e. The number of nitrogens with zero attached hydrogens (tertiary/aromatic N) is 2. The number of amides is 2. The molecule has 0 bridgehead atoms. The fourth-order valence-electron chi connectivity index (χ4n) is 4.22. The van der Waals surface area contributed by atoms with Crippen LogP contribution in [0.25, 0.3) is 0 Å². The first-order valence-electron chi connectivity index (χ1n) is 9.68. The molecule has 4 rings (SSSR count). The summed E-state index contributed by atoms with van der Waals surface area (Å²) in [6.45, 7) is 3.79. The molecule has 2 aromatic rings. The van der Waals surface area contributed by atoms with Gasteiger partial charge in [-0.05, 0) is 30.4 Å². The van der Waals surface area contributed by atoms with Crippen molar-refractivity contribution in [2.45, 2.75) is 37.9 Å². The molecule has 0 radical (unpaired) electrons. The third kappa shape index (κ3) is 3.91. The van der Waals surface area contributed by atoms with Crippen molar-refractivity contribution in [3.05, 3.63) is 71.8 Å². The van der Waals surface area contributed by atoms with Crippen molar-refractivity contribution >= 4 is 6.03 Å². The van der Waals surface area contributed by atoms with Gasteiger partial charge in [0.05, 0.1) is 6.04 Å². The molecule has 0 spiro atoms. The molecular formula is C22H27N3O. The molecule has 2 amide bonds. The topological polar surface area (TPSA) is 35.6 Å². The molecule has 0 saturated carbocycles. The van der Waals surface area contributed by atoms with Gasteiger partial charge in [-0.3, -0.25) is 4.90 Å². The number of carbonyl (C=O) groups excluding carboxylic acids is 1. The molecule has 26 heavy (non-hydrogen) atoms. The Bertz CT molecular complexity index is 719. The highest BCUT2D eigenvalue weighted by Crippen LogP contribution is 2.31. The lowest BCUT2D eigenvalue weighted by molar-refractivity contribution is 0.188. The largest absolute Gasteiger partial charge is 0.334 e. The molecular weight excluding hydrogens is 322 g/mol. The number of hydrogen-bond acceptors (Lipinski definition) is 2. The maximum atomic E-state index is 12.8. The van der Waals surface area contributed by atoms with Crippen molar-refractivity contribution in [1.29, 1.82) is 0 Å². The van der Waals surface area contributed by atoms with Crippen LogP contribution in [0.2, 0.25) is 0 Å². The lowest BCUT2D eigenvalue weighted by Gasteiger charge is -2.27. The van der Waals surface area contributed by atoms with Crippen LogP contribution in [0.5, 0.6) is 0 Å². The lowest BCUT2D eigenvalue weighted by Crippen LogP contribution is -2.45. The van der Waals surface area contributed by atoms with Gasteiger partial charge in [0, 0.05) is 32.2 Å². The van der Waals surface area contributed by atoms with Crippen LogP contribution in [-0.2, 0) is 6.54 Å². The molecule has 2 aromatic carbocycles. The van der Waals surface area contributed by atoms with Crippen molar-refractivity contribution in [2.24, 2.45) is 0 Å². The van der Waals surface area contributed by atoms with E-state index in [2.05, 4.69) is 64.8 Å². The fourth-order valence-corrected chi connectivity index (χ4v) is 4.22. The highest BCUT2D eigenvalue weighted by molar-refractivity contribution is 5.75. The molecule has 2 atom stereocenters. The quantitative estimate of drug-likeness (QED) is 0.911. The number of carbonyl (C=O) groups is 1. The van der Waals surface area contributed by atoms with Gasteiger partial charge in [0.2, 0.25) is 0 Å². The van der Waals surface area contributed by atoms with Gasteiger partial charge in [0.15, 0.2) is 0 Å². The van der Waals surface area contributed by atoms with E-state index in [1.54, 1.807) is 0 Å². The van der Waals surface area contributed by atoms with Crippen LogP contribution < -0.4 is 5.32 Å². The number of likely N-dealkylation sites (tertiary alicyclic amines) is 2. The molecule has 0 aliphatic carbocycles. The van der Waals surface area contributed by atoms with Gasteiger partial charge in [-0.1, -0.05) is 60.7 Å². The summed E-state index contributed by atoms with van der Waals surface area (Å²) in [4.78, 5) is 17.3. The molecule has 2 fully saturated rings. The van der Waals surface area contributed by atoms with Crippen molar-refractivity contribution in [1.82, 2.24) is 15.1 Å². The van der Waals surface area contributed by atoms with E-state index < -0.39 is 0 Å². The van der Waals surface area contributed by atoms with Gasteiger partial charge < -0.3 is 10.2 Å². The summed E-state index contributed by atoms with van der Waals surface area (Å²) in [7, 11) is 0. The Balaban J connectivity index is 1.32. The number of urea groups is 1. The zero-order valence-electron chi connectivity index (χ0n) is 15.2. The number of nitrogens with one attached hydrogen (secondary N) is 1. The molecule has 0 aromatic heterocycles. The van der Waals surface area contributed by atoms with Crippen molar-refractivity contribution in [3.63, 3.8) is 0 Å². The van der Waals surface area contributed by atoms with E-state index in [1.807, 2.05) is 11.0 Å². The monoisotopic (exact) mass is 349 g/mol. The Labute approximate surface area is 155 Å². The Morgan fingerprint density at radius 2 is 1.69 bits per heavy atom. The smallest absolute Gasteiger partial charge is 0.318 e. The minimum Gasteiger partial charge on any atom is -0.334 e. The first kappa shape index (κ1) is 17.1. The third-order valence-electron chi connectivity index (χ3n) is 5.55.